The van der Waals surface area contributed by atoms with Crippen molar-refractivity contribution in [3.05, 3.63) is 69.8 Å². The number of nitro groups is 1. The molecule has 0 saturated heterocycles. The lowest BCUT2D eigenvalue weighted by Gasteiger charge is -2.07. The number of carbonyl (C=O) groups is 1. The van der Waals surface area contributed by atoms with Crippen LogP contribution in [0.3, 0.4) is 0 Å². The van der Waals surface area contributed by atoms with Gasteiger partial charge in [-0.05, 0) is 30.2 Å². The summed E-state index contributed by atoms with van der Waals surface area (Å²) in [4.78, 5) is 21.6. The van der Waals surface area contributed by atoms with Crippen LogP contribution < -0.4 is 4.72 Å². The Morgan fingerprint density at radius 3 is 2.30 bits per heavy atom. The fourth-order valence-corrected chi connectivity index (χ4v) is 3.11. The van der Waals surface area contributed by atoms with Gasteiger partial charge in [-0.3, -0.25) is 14.9 Å². The summed E-state index contributed by atoms with van der Waals surface area (Å²) in [5.74, 6) is -0.842. The molecule has 0 unspecified atom stereocenters. The maximum absolute atomic E-state index is 12.2. The molecule has 0 aliphatic carbocycles. The summed E-state index contributed by atoms with van der Waals surface area (Å²) in [6.07, 6.45) is 0.788. The topological polar surface area (TPSA) is 106 Å². The lowest BCUT2D eigenvalue weighted by molar-refractivity contribution is -0.387. The third-order valence-electron chi connectivity index (χ3n) is 3.20. The fraction of sp³-hybridized carbons (Fsp3) is 0.133. The second kappa shape index (κ2) is 6.57. The number of nitrogens with one attached hydrogen (secondary N) is 1. The molecule has 120 valence electrons. The highest BCUT2D eigenvalue weighted by Crippen LogP contribution is 2.22. The number of rotatable bonds is 5. The highest BCUT2D eigenvalue weighted by molar-refractivity contribution is 7.90. The number of sulfonamides is 1. The molecule has 0 aliphatic rings. The van der Waals surface area contributed by atoms with E-state index in [0.29, 0.717) is 0 Å². The van der Waals surface area contributed by atoms with E-state index < -0.39 is 31.4 Å². The molecule has 2 rings (SSSR count). The number of amides is 1. The number of carbonyl (C=O) groups excluding carboxylic acids is 1. The standard InChI is InChI=1S/C15H14N2O5S/c1-2-11-7-9-12(10-8-11)15(18)16-23(21,22)14-6-4-3-5-13(14)17(19)20/h3-10H,2H2,1H3,(H,16,18). The molecule has 1 amide bonds. The Morgan fingerprint density at radius 1 is 1.13 bits per heavy atom. The zero-order chi connectivity index (χ0) is 17.0. The van der Waals surface area contributed by atoms with Crippen LogP contribution in [0.4, 0.5) is 5.69 Å². The van der Waals surface area contributed by atoms with E-state index >= 15 is 0 Å². The fourth-order valence-electron chi connectivity index (χ4n) is 1.96. The summed E-state index contributed by atoms with van der Waals surface area (Å²) in [6.45, 7) is 1.95. The van der Waals surface area contributed by atoms with Crippen molar-refractivity contribution in [2.24, 2.45) is 0 Å². The minimum absolute atomic E-state index is 0.157. The number of nitro benzene ring substituents is 1. The van der Waals surface area contributed by atoms with Gasteiger partial charge in [0.15, 0.2) is 4.90 Å². The van der Waals surface area contributed by atoms with Crippen LogP contribution in [-0.4, -0.2) is 19.2 Å². The van der Waals surface area contributed by atoms with Crippen molar-refractivity contribution < 1.29 is 18.1 Å². The maximum atomic E-state index is 12.2. The van der Waals surface area contributed by atoms with Gasteiger partial charge in [0.25, 0.3) is 21.6 Å². The molecule has 0 fully saturated rings. The average molecular weight is 334 g/mol. The Bertz CT molecular complexity index is 844. The van der Waals surface area contributed by atoms with Crippen molar-refractivity contribution in [3.63, 3.8) is 0 Å². The third kappa shape index (κ3) is 3.72. The summed E-state index contributed by atoms with van der Waals surface area (Å²) in [7, 11) is -4.34. The number of aryl methyl sites for hydroxylation is 1. The molecule has 0 radical (unpaired) electrons. The molecule has 0 spiro atoms. The summed E-state index contributed by atoms with van der Waals surface area (Å²) in [5, 5.41) is 10.9. The first kappa shape index (κ1) is 16.6. The number of benzene rings is 2. The second-order valence-electron chi connectivity index (χ2n) is 4.71. The van der Waals surface area contributed by atoms with Gasteiger partial charge < -0.3 is 0 Å². The third-order valence-corrected chi connectivity index (χ3v) is 4.58. The molecule has 8 heteroatoms. The Labute approximate surface area is 133 Å². The van der Waals surface area contributed by atoms with E-state index in [1.807, 2.05) is 11.6 Å². The van der Waals surface area contributed by atoms with Gasteiger partial charge in [-0.25, -0.2) is 13.1 Å². The Balaban J connectivity index is 2.31. The zero-order valence-electron chi connectivity index (χ0n) is 12.2. The minimum atomic E-state index is -4.34. The van der Waals surface area contributed by atoms with Crippen LogP contribution in [0.2, 0.25) is 0 Å². The quantitative estimate of drug-likeness (QED) is 0.667. The predicted molar refractivity (Wildman–Crippen MR) is 83.6 cm³/mol. The van der Waals surface area contributed by atoms with Gasteiger partial charge in [-0.1, -0.05) is 31.2 Å². The lowest BCUT2D eigenvalue weighted by atomic mass is 10.1. The minimum Gasteiger partial charge on any atom is -0.268 e. The van der Waals surface area contributed by atoms with Crippen LogP contribution in [0.1, 0.15) is 22.8 Å². The summed E-state index contributed by atoms with van der Waals surface area (Å²) in [6, 6.07) is 11.3. The highest BCUT2D eigenvalue weighted by atomic mass is 32.2. The molecule has 2 aromatic rings. The molecular weight excluding hydrogens is 320 g/mol. The van der Waals surface area contributed by atoms with Crippen molar-refractivity contribution in [1.29, 1.82) is 0 Å². The summed E-state index contributed by atoms with van der Waals surface area (Å²) in [5.41, 5.74) is 0.571. The van der Waals surface area contributed by atoms with E-state index in [-0.39, 0.29) is 5.56 Å². The van der Waals surface area contributed by atoms with Gasteiger partial charge in [0.1, 0.15) is 0 Å². The van der Waals surface area contributed by atoms with Crippen LogP contribution in [-0.2, 0) is 16.4 Å². The molecule has 0 bridgehead atoms. The van der Waals surface area contributed by atoms with Crippen LogP contribution in [0.25, 0.3) is 0 Å². The van der Waals surface area contributed by atoms with Crippen molar-refractivity contribution in [2.75, 3.05) is 0 Å². The van der Waals surface area contributed by atoms with Gasteiger partial charge in [0.2, 0.25) is 0 Å². The van der Waals surface area contributed by atoms with Gasteiger partial charge in [0.05, 0.1) is 4.92 Å². The molecule has 2 aromatic carbocycles. The molecule has 0 heterocycles. The predicted octanol–water partition coefficient (Wildman–Crippen LogP) is 2.28. The van der Waals surface area contributed by atoms with Gasteiger partial charge >= 0.3 is 0 Å². The van der Waals surface area contributed by atoms with Crippen LogP contribution >= 0.6 is 0 Å². The number of nitrogens with zero attached hydrogens (tertiary/aromatic N) is 1. The molecule has 1 N–H and O–H groups in total. The van der Waals surface area contributed by atoms with Crippen LogP contribution in [0, 0.1) is 10.1 Å². The van der Waals surface area contributed by atoms with Crippen molar-refractivity contribution >= 4 is 21.6 Å². The zero-order valence-corrected chi connectivity index (χ0v) is 13.0. The van der Waals surface area contributed by atoms with Gasteiger partial charge in [0, 0.05) is 11.6 Å². The molecule has 0 saturated carbocycles. The Morgan fingerprint density at radius 2 is 1.74 bits per heavy atom. The van der Waals surface area contributed by atoms with Crippen molar-refractivity contribution in [2.45, 2.75) is 18.2 Å². The summed E-state index contributed by atoms with van der Waals surface area (Å²) >= 11 is 0. The largest absolute Gasteiger partial charge is 0.289 e. The van der Waals surface area contributed by atoms with Crippen molar-refractivity contribution in [3.8, 4) is 0 Å². The molecule has 0 atom stereocenters. The molecule has 0 aromatic heterocycles. The Kier molecular flexibility index (Phi) is 4.75. The van der Waals surface area contributed by atoms with E-state index in [4.69, 9.17) is 0 Å². The van der Waals surface area contributed by atoms with E-state index in [1.54, 1.807) is 12.1 Å². The smallest absolute Gasteiger partial charge is 0.268 e. The van der Waals surface area contributed by atoms with E-state index in [9.17, 15) is 23.3 Å². The van der Waals surface area contributed by atoms with Crippen LogP contribution in [0.5, 0.6) is 0 Å². The first-order valence-corrected chi connectivity index (χ1v) is 8.23. The second-order valence-corrected chi connectivity index (χ2v) is 6.36. The number of hydrogen-bond acceptors (Lipinski definition) is 5. The lowest BCUT2D eigenvalue weighted by Crippen LogP contribution is -2.31. The van der Waals surface area contributed by atoms with Gasteiger partial charge in [-0.15, -0.1) is 0 Å². The van der Waals surface area contributed by atoms with Crippen molar-refractivity contribution in [1.82, 2.24) is 4.72 Å². The highest BCUT2D eigenvalue weighted by Gasteiger charge is 2.27. The molecule has 0 aliphatic heterocycles. The van der Waals surface area contributed by atoms with E-state index in [2.05, 4.69) is 0 Å². The maximum Gasteiger partial charge on any atom is 0.289 e. The average Bonchev–Trinajstić information content (AvgIpc) is 2.54. The molecule has 7 nitrogen and oxygen atoms in total. The first-order valence-electron chi connectivity index (χ1n) is 6.74. The monoisotopic (exact) mass is 334 g/mol. The Hall–Kier alpha value is -2.74. The van der Waals surface area contributed by atoms with E-state index in [1.165, 1.54) is 24.3 Å². The normalized spacial score (nSPS) is 11.0. The molecular formula is C15H14N2O5S. The number of para-hydroxylation sites is 1. The number of hydrogen-bond donors (Lipinski definition) is 1. The van der Waals surface area contributed by atoms with Gasteiger partial charge in [-0.2, -0.15) is 0 Å². The first-order chi connectivity index (χ1) is 10.8. The molecule has 23 heavy (non-hydrogen) atoms. The summed E-state index contributed by atoms with van der Waals surface area (Å²) < 4.78 is 26.3. The SMILES string of the molecule is CCc1ccc(C(=O)NS(=O)(=O)c2ccccc2[N+](=O)[O-])cc1. The van der Waals surface area contributed by atoms with Crippen LogP contribution in [0.15, 0.2) is 53.4 Å². The van der Waals surface area contributed by atoms with E-state index in [0.717, 1.165) is 24.1 Å².